The van der Waals surface area contributed by atoms with Gasteiger partial charge in [-0.15, -0.1) is 0 Å². The third-order valence-corrected chi connectivity index (χ3v) is 1.64. The van der Waals surface area contributed by atoms with Crippen molar-refractivity contribution in [2.45, 2.75) is 12.1 Å². The summed E-state index contributed by atoms with van der Waals surface area (Å²) in [4.78, 5) is 1.67. The van der Waals surface area contributed by atoms with E-state index in [0.717, 1.165) is 11.9 Å². The van der Waals surface area contributed by atoms with E-state index in [2.05, 4.69) is 0 Å². The number of guanidine groups is 1. The molecule has 8 heteroatoms. The molecule has 0 amide bonds. The van der Waals surface area contributed by atoms with E-state index in [9.17, 15) is 22.0 Å². The number of nitrogens with zero attached hydrogens (tertiary/aromatic N) is 2. The quantitative estimate of drug-likeness (QED) is 0.446. The Morgan fingerprint density at radius 2 is 1.47 bits per heavy atom. The predicted octanol–water partition coefficient (Wildman–Crippen LogP) is 1.61. The van der Waals surface area contributed by atoms with Gasteiger partial charge in [0.15, 0.2) is 5.96 Å². The van der Waals surface area contributed by atoms with Crippen molar-refractivity contribution in [3.05, 3.63) is 0 Å². The number of nitrogens with one attached hydrogen (secondary N) is 1. The Morgan fingerprint density at radius 1 is 1.07 bits per heavy atom. The first-order valence-corrected chi connectivity index (χ1v) is 3.90. The topological polar surface area (TPSA) is 30.3 Å². The molecule has 0 saturated carbocycles. The molecule has 0 bridgehead atoms. The van der Waals surface area contributed by atoms with Crippen molar-refractivity contribution >= 4 is 5.96 Å². The second-order valence-electron chi connectivity index (χ2n) is 3.28. The van der Waals surface area contributed by atoms with E-state index in [0.29, 0.717) is 4.90 Å². The molecular formula is C7H12F5N3. The van der Waals surface area contributed by atoms with Crippen LogP contribution in [0.2, 0.25) is 0 Å². The van der Waals surface area contributed by atoms with E-state index in [1.54, 1.807) is 0 Å². The van der Waals surface area contributed by atoms with Gasteiger partial charge >= 0.3 is 12.1 Å². The minimum absolute atomic E-state index is 0.418. The summed E-state index contributed by atoms with van der Waals surface area (Å²) in [6.07, 6.45) is -5.59. The highest BCUT2D eigenvalue weighted by molar-refractivity contribution is 5.76. The maximum absolute atomic E-state index is 12.5. The summed E-state index contributed by atoms with van der Waals surface area (Å²) >= 11 is 0. The SMILES string of the molecule is CN(C)C(=N)N(C)CC(F)(F)C(F)(F)F. The van der Waals surface area contributed by atoms with Crippen LogP contribution in [0.15, 0.2) is 0 Å². The van der Waals surface area contributed by atoms with Crippen molar-refractivity contribution < 1.29 is 22.0 Å². The molecule has 0 aromatic rings. The van der Waals surface area contributed by atoms with E-state index in [4.69, 9.17) is 5.41 Å². The molecule has 0 spiro atoms. The summed E-state index contributed by atoms with van der Waals surface area (Å²) in [7, 11) is 3.76. The van der Waals surface area contributed by atoms with Gasteiger partial charge in [0, 0.05) is 21.1 Å². The maximum atomic E-state index is 12.5. The first-order valence-electron chi connectivity index (χ1n) is 3.90. The number of halogens is 5. The van der Waals surface area contributed by atoms with Gasteiger partial charge in [-0.2, -0.15) is 22.0 Å². The summed E-state index contributed by atoms with van der Waals surface area (Å²) in [6, 6.07) is 0. The average molecular weight is 233 g/mol. The van der Waals surface area contributed by atoms with Crippen molar-refractivity contribution in [3.8, 4) is 0 Å². The van der Waals surface area contributed by atoms with E-state index < -0.39 is 24.6 Å². The third kappa shape index (κ3) is 3.52. The van der Waals surface area contributed by atoms with Gasteiger partial charge in [0.2, 0.25) is 0 Å². The van der Waals surface area contributed by atoms with Crippen LogP contribution in [0.4, 0.5) is 22.0 Å². The van der Waals surface area contributed by atoms with Crippen LogP contribution < -0.4 is 0 Å². The lowest BCUT2D eigenvalue weighted by Gasteiger charge is -2.29. The number of alkyl halides is 5. The molecule has 90 valence electrons. The molecule has 0 saturated heterocycles. The summed E-state index contributed by atoms with van der Waals surface area (Å²) in [5.74, 6) is -5.23. The molecule has 0 atom stereocenters. The molecule has 1 N–H and O–H groups in total. The van der Waals surface area contributed by atoms with Gasteiger partial charge < -0.3 is 9.80 Å². The van der Waals surface area contributed by atoms with Crippen LogP contribution in [0.1, 0.15) is 0 Å². The van der Waals surface area contributed by atoms with E-state index in [1.165, 1.54) is 14.1 Å². The zero-order valence-electron chi connectivity index (χ0n) is 8.49. The monoisotopic (exact) mass is 233 g/mol. The second kappa shape index (κ2) is 4.19. The van der Waals surface area contributed by atoms with Gasteiger partial charge in [-0.1, -0.05) is 0 Å². The molecule has 0 unspecified atom stereocenters. The fourth-order valence-corrected chi connectivity index (χ4v) is 0.804. The number of rotatable bonds is 2. The highest BCUT2D eigenvalue weighted by Gasteiger charge is 2.58. The first-order chi connectivity index (χ1) is 6.49. The fourth-order valence-electron chi connectivity index (χ4n) is 0.804. The fraction of sp³-hybridized carbons (Fsp3) is 0.857. The molecule has 0 fully saturated rings. The molecule has 0 aliphatic carbocycles. The summed E-state index contributed by atoms with van der Waals surface area (Å²) in [6.45, 7) is -1.56. The van der Waals surface area contributed by atoms with Crippen LogP contribution in [-0.4, -0.2) is 55.5 Å². The van der Waals surface area contributed by atoms with Crippen LogP contribution >= 0.6 is 0 Å². The standard InChI is InChI=1S/C7H12F5N3/c1-14(2)5(13)15(3)4-6(8,9)7(10,11)12/h13H,4H2,1-3H3. The summed E-state index contributed by atoms with van der Waals surface area (Å²) < 4.78 is 60.4. The largest absolute Gasteiger partial charge is 0.455 e. The molecule has 0 aromatic carbocycles. The lowest BCUT2D eigenvalue weighted by molar-refractivity contribution is -0.283. The average Bonchev–Trinajstić information content (AvgIpc) is 1.99. The van der Waals surface area contributed by atoms with Crippen molar-refractivity contribution in [1.82, 2.24) is 9.80 Å². The smallest absolute Gasteiger partial charge is 0.349 e. The van der Waals surface area contributed by atoms with Crippen LogP contribution in [0.5, 0.6) is 0 Å². The third-order valence-electron chi connectivity index (χ3n) is 1.64. The Morgan fingerprint density at radius 3 is 1.73 bits per heavy atom. The lowest BCUT2D eigenvalue weighted by atomic mass is 10.3. The first kappa shape index (κ1) is 13.9. The molecule has 0 aromatic heterocycles. The van der Waals surface area contributed by atoms with Gasteiger partial charge in [-0.05, 0) is 0 Å². The maximum Gasteiger partial charge on any atom is 0.455 e. The zero-order chi connectivity index (χ0) is 12.4. The molecule has 0 aliphatic heterocycles. The highest BCUT2D eigenvalue weighted by Crippen LogP contribution is 2.35. The zero-order valence-corrected chi connectivity index (χ0v) is 8.49. The molecule has 0 aliphatic rings. The number of hydrogen-bond donors (Lipinski definition) is 1. The lowest BCUT2D eigenvalue weighted by Crippen LogP contribution is -2.49. The molecule has 15 heavy (non-hydrogen) atoms. The number of hydrogen-bond acceptors (Lipinski definition) is 1. The van der Waals surface area contributed by atoms with Crippen LogP contribution in [0.25, 0.3) is 0 Å². The minimum atomic E-state index is -5.59. The highest BCUT2D eigenvalue weighted by atomic mass is 19.4. The molecule has 3 nitrogen and oxygen atoms in total. The Bertz CT molecular complexity index is 235. The molecule has 0 heterocycles. The van der Waals surface area contributed by atoms with Gasteiger partial charge in [0.05, 0.1) is 6.54 Å². The van der Waals surface area contributed by atoms with Crippen LogP contribution in [-0.2, 0) is 0 Å². The van der Waals surface area contributed by atoms with Gasteiger partial charge in [0.1, 0.15) is 0 Å². The van der Waals surface area contributed by atoms with Crippen molar-refractivity contribution in [3.63, 3.8) is 0 Å². The Labute approximate surface area is 84.0 Å². The van der Waals surface area contributed by atoms with Crippen molar-refractivity contribution in [2.24, 2.45) is 0 Å². The summed E-state index contributed by atoms with van der Waals surface area (Å²) in [5.41, 5.74) is 0. The van der Waals surface area contributed by atoms with Crippen molar-refractivity contribution in [1.29, 1.82) is 5.41 Å². The molecule has 0 rings (SSSR count). The van der Waals surface area contributed by atoms with Gasteiger partial charge in [-0.25, -0.2) is 0 Å². The molecule has 0 radical (unpaired) electrons. The predicted molar refractivity (Wildman–Crippen MR) is 45.0 cm³/mol. The van der Waals surface area contributed by atoms with Crippen molar-refractivity contribution in [2.75, 3.05) is 27.7 Å². The van der Waals surface area contributed by atoms with E-state index in [-0.39, 0.29) is 0 Å². The van der Waals surface area contributed by atoms with E-state index in [1.807, 2.05) is 0 Å². The van der Waals surface area contributed by atoms with Gasteiger partial charge in [-0.3, -0.25) is 5.41 Å². The Kier molecular flexibility index (Phi) is 3.89. The second-order valence-corrected chi connectivity index (χ2v) is 3.28. The van der Waals surface area contributed by atoms with E-state index >= 15 is 0 Å². The normalized spacial score (nSPS) is 12.5. The minimum Gasteiger partial charge on any atom is -0.349 e. The summed E-state index contributed by atoms with van der Waals surface area (Å²) in [5, 5.41) is 7.19. The van der Waals surface area contributed by atoms with Crippen LogP contribution in [0, 0.1) is 5.41 Å². The Hall–Kier alpha value is -1.08. The van der Waals surface area contributed by atoms with Crippen LogP contribution in [0.3, 0.4) is 0 Å². The Balaban J connectivity index is 4.54. The molecular weight excluding hydrogens is 221 g/mol. The van der Waals surface area contributed by atoms with Gasteiger partial charge in [0.25, 0.3) is 0 Å².